The fourth-order valence-electron chi connectivity index (χ4n) is 1.53. The zero-order valence-electron chi connectivity index (χ0n) is 8.52. The molecule has 2 N–H and O–H groups in total. The van der Waals surface area contributed by atoms with Crippen molar-refractivity contribution in [2.75, 3.05) is 7.11 Å². The second-order valence-electron chi connectivity index (χ2n) is 3.18. The van der Waals surface area contributed by atoms with E-state index in [9.17, 15) is 9.59 Å². The Balaban J connectivity index is 2.72. The van der Waals surface area contributed by atoms with E-state index in [4.69, 9.17) is 14.9 Å². The molecule has 1 aromatic heterocycles. The SMILES string of the molecule is COc1cccc2occ(C(=O)C(N)=O)c12. The number of nitrogens with two attached hydrogens (primary N) is 1. The lowest BCUT2D eigenvalue weighted by Gasteiger charge is -2.01. The molecule has 0 fully saturated rings. The second-order valence-corrected chi connectivity index (χ2v) is 3.18. The average molecular weight is 219 g/mol. The van der Waals surface area contributed by atoms with Crippen LogP contribution in [0.15, 0.2) is 28.9 Å². The first-order valence-electron chi connectivity index (χ1n) is 4.53. The van der Waals surface area contributed by atoms with Gasteiger partial charge in [-0.05, 0) is 12.1 Å². The minimum atomic E-state index is -1.02. The van der Waals surface area contributed by atoms with E-state index < -0.39 is 11.7 Å². The predicted octanol–water partition coefficient (Wildman–Crippen LogP) is 1.11. The molecule has 0 unspecified atom stereocenters. The molecule has 16 heavy (non-hydrogen) atoms. The van der Waals surface area contributed by atoms with Crippen molar-refractivity contribution in [2.45, 2.75) is 0 Å². The van der Waals surface area contributed by atoms with Crippen LogP contribution in [0.4, 0.5) is 0 Å². The Morgan fingerprint density at radius 1 is 1.38 bits per heavy atom. The van der Waals surface area contributed by atoms with Crippen LogP contribution in [0.3, 0.4) is 0 Å². The fourth-order valence-corrected chi connectivity index (χ4v) is 1.53. The number of amides is 1. The third-order valence-corrected chi connectivity index (χ3v) is 2.25. The number of carbonyl (C=O) groups is 2. The summed E-state index contributed by atoms with van der Waals surface area (Å²) in [5.74, 6) is -1.34. The normalized spacial score (nSPS) is 10.3. The lowest BCUT2D eigenvalue weighted by molar-refractivity contribution is -0.114. The van der Waals surface area contributed by atoms with Crippen LogP contribution < -0.4 is 10.5 Å². The molecule has 1 aromatic carbocycles. The van der Waals surface area contributed by atoms with E-state index in [1.165, 1.54) is 13.4 Å². The number of ether oxygens (including phenoxy) is 1. The van der Waals surface area contributed by atoms with Crippen molar-refractivity contribution in [1.82, 2.24) is 0 Å². The summed E-state index contributed by atoms with van der Waals surface area (Å²) >= 11 is 0. The molecule has 2 rings (SSSR count). The van der Waals surface area contributed by atoms with Crippen LogP contribution in [0, 0.1) is 0 Å². The number of primary amides is 1. The lowest BCUT2D eigenvalue weighted by Crippen LogP contribution is -2.22. The molecule has 0 atom stereocenters. The van der Waals surface area contributed by atoms with Crippen LogP contribution in [0.5, 0.6) is 5.75 Å². The molecule has 1 heterocycles. The van der Waals surface area contributed by atoms with Gasteiger partial charge in [-0.3, -0.25) is 9.59 Å². The first kappa shape index (κ1) is 10.2. The summed E-state index contributed by atoms with van der Waals surface area (Å²) in [5.41, 5.74) is 5.54. The molecule has 0 spiro atoms. The molecule has 2 aromatic rings. The molecule has 82 valence electrons. The molecule has 1 amide bonds. The van der Waals surface area contributed by atoms with E-state index in [2.05, 4.69) is 0 Å². The zero-order chi connectivity index (χ0) is 11.7. The molecule has 0 bridgehead atoms. The van der Waals surface area contributed by atoms with Crippen molar-refractivity contribution >= 4 is 22.7 Å². The fraction of sp³-hybridized carbons (Fsp3) is 0.0909. The van der Waals surface area contributed by atoms with E-state index in [0.717, 1.165) is 0 Å². The number of benzene rings is 1. The van der Waals surface area contributed by atoms with Gasteiger partial charge in [-0.25, -0.2) is 0 Å². The van der Waals surface area contributed by atoms with Crippen molar-refractivity contribution in [1.29, 1.82) is 0 Å². The van der Waals surface area contributed by atoms with Crippen molar-refractivity contribution in [3.63, 3.8) is 0 Å². The minimum absolute atomic E-state index is 0.125. The maximum absolute atomic E-state index is 11.5. The first-order chi connectivity index (χ1) is 7.65. The van der Waals surface area contributed by atoms with E-state index in [0.29, 0.717) is 16.7 Å². The van der Waals surface area contributed by atoms with Crippen LogP contribution in [0.1, 0.15) is 10.4 Å². The van der Waals surface area contributed by atoms with Gasteiger partial charge in [0.2, 0.25) is 0 Å². The highest BCUT2D eigenvalue weighted by molar-refractivity contribution is 6.44. The van der Waals surface area contributed by atoms with Crippen LogP contribution in [0.2, 0.25) is 0 Å². The molecule has 0 aliphatic rings. The Morgan fingerprint density at radius 2 is 2.12 bits per heavy atom. The number of fused-ring (bicyclic) bond motifs is 1. The number of carbonyl (C=O) groups excluding carboxylic acids is 2. The second kappa shape index (κ2) is 3.69. The van der Waals surface area contributed by atoms with E-state index >= 15 is 0 Å². The van der Waals surface area contributed by atoms with Gasteiger partial charge in [0.15, 0.2) is 0 Å². The standard InChI is InChI=1S/C11H9NO4/c1-15-7-3-2-4-8-9(7)6(5-16-8)10(13)11(12)14/h2-5H,1H3,(H2,12,14). The third kappa shape index (κ3) is 1.42. The maximum atomic E-state index is 11.5. The van der Waals surface area contributed by atoms with Gasteiger partial charge in [0.1, 0.15) is 17.6 Å². The van der Waals surface area contributed by atoms with Gasteiger partial charge in [-0.15, -0.1) is 0 Å². The van der Waals surface area contributed by atoms with E-state index in [1.807, 2.05) is 0 Å². The number of methoxy groups -OCH3 is 1. The number of rotatable bonds is 3. The lowest BCUT2D eigenvalue weighted by atomic mass is 10.1. The van der Waals surface area contributed by atoms with Gasteiger partial charge in [0.25, 0.3) is 11.7 Å². The van der Waals surface area contributed by atoms with E-state index in [-0.39, 0.29) is 5.56 Å². The van der Waals surface area contributed by atoms with Crippen LogP contribution in [-0.2, 0) is 4.79 Å². The number of ketones is 1. The third-order valence-electron chi connectivity index (χ3n) is 2.25. The summed E-state index contributed by atoms with van der Waals surface area (Å²) in [5, 5.41) is 0.466. The van der Waals surface area contributed by atoms with Crippen LogP contribution in [0.25, 0.3) is 11.0 Å². The number of hydrogen-bond donors (Lipinski definition) is 1. The van der Waals surface area contributed by atoms with Gasteiger partial charge in [0, 0.05) is 0 Å². The van der Waals surface area contributed by atoms with Gasteiger partial charge in [-0.2, -0.15) is 0 Å². The van der Waals surface area contributed by atoms with Gasteiger partial charge in [0.05, 0.1) is 18.1 Å². The Morgan fingerprint density at radius 3 is 2.75 bits per heavy atom. The Hall–Kier alpha value is -2.30. The van der Waals surface area contributed by atoms with Crippen molar-refractivity contribution in [3.05, 3.63) is 30.0 Å². The van der Waals surface area contributed by atoms with Crippen molar-refractivity contribution in [3.8, 4) is 5.75 Å². The smallest absolute Gasteiger partial charge is 0.289 e. The summed E-state index contributed by atoms with van der Waals surface area (Å²) in [6.45, 7) is 0. The molecule has 0 saturated heterocycles. The Bertz CT molecular complexity index is 570. The number of Topliss-reactive ketones (excluding diaryl/α,β-unsaturated/α-hetero) is 1. The highest BCUT2D eigenvalue weighted by atomic mass is 16.5. The van der Waals surface area contributed by atoms with Gasteiger partial charge >= 0.3 is 0 Å². The first-order valence-corrected chi connectivity index (χ1v) is 4.53. The molecular weight excluding hydrogens is 210 g/mol. The molecule has 5 nitrogen and oxygen atoms in total. The Kier molecular flexibility index (Phi) is 2.36. The average Bonchev–Trinajstić information content (AvgIpc) is 2.71. The maximum Gasteiger partial charge on any atom is 0.289 e. The summed E-state index contributed by atoms with van der Waals surface area (Å²) in [4.78, 5) is 22.3. The molecule has 0 saturated carbocycles. The van der Waals surface area contributed by atoms with Gasteiger partial charge in [-0.1, -0.05) is 6.07 Å². The monoisotopic (exact) mass is 219 g/mol. The molecule has 0 radical (unpaired) electrons. The topological polar surface area (TPSA) is 82.5 Å². The minimum Gasteiger partial charge on any atom is -0.496 e. The van der Waals surface area contributed by atoms with Crippen molar-refractivity contribution in [2.24, 2.45) is 5.73 Å². The number of hydrogen-bond acceptors (Lipinski definition) is 4. The summed E-state index contributed by atoms with van der Waals surface area (Å²) in [7, 11) is 1.47. The Labute approximate surface area is 90.8 Å². The molecule has 0 aliphatic heterocycles. The summed E-state index contributed by atoms with van der Waals surface area (Å²) in [6, 6.07) is 5.08. The largest absolute Gasteiger partial charge is 0.496 e. The highest BCUT2D eigenvalue weighted by Gasteiger charge is 2.20. The molecule has 0 aliphatic carbocycles. The van der Waals surface area contributed by atoms with Crippen LogP contribution in [-0.4, -0.2) is 18.8 Å². The molecule has 5 heteroatoms. The summed E-state index contributed by atoms with van der Waals surface area (Å²) < 4.78 is 10.2. The van der Waals surface area contributed by atoms with Gasteiger partial charge < -0.3 is 14.9 Å². The number of furan rings is 1. The predicted molar refractivity (Wildman–Crippen MR) is 56.3 cm³/mol. The van der Waals surface area contributed by atoms with E-state index in [1.54, 1.807) is 18.2 Å². The summed E-state index contributed by atoms with van der Waals surface area (Å²) in [6.07, 6.45) is 1.21. The highest BCUT2D eigenvalue weighted by Crippen LogP contribution is 2.30. The quantitative estimate of drug-likeness (QED) is 0.619. The van der Waals surface area contributed by atoms with Crippen molar-refractivity contribution < 1.29 is 18.7 Å². The zero-order valence-corrected chi connectivity index (χ0v) is 8.52. The molecular formula is C11H9NO4. The van der Waals surface area contributed by atoms with Crippen LogP contribution >= 0.6 is 0 Å².